The summed E-state index contributed by atoms with van der Waals surface area (Å²) in [6.07, 6.45) is 1.32. The van der Waals surface area contributed by atoms with E-state index in [9.17, 15) is 13.9 Å². The van der Waals surface area contributed by atoms with Crippen LogP contribution in [0.2, 0.25) is 0 Å². The number of hydrogen-bond donors (Lipinski definition) is 2. The zero-order valence-electron chi connectivity index (χ0n) is 13.3. The molecule has 0 radical (unpaired) electrons. The molecule has 0 aromatic heterocycles. The van der Waals surface area contributed by atoms with Gasteiger partial charge >= 0.3 is 0 Å². The number of hydrogen-bond acceptors (Lipinski definition) is 3. The van der Waals surface area contributed by atoms with Crippen molar-refractivity contribution in [2.75, 3.05) is 13.1 Å². The third-order valence-electron chi connectivity index (χ3n) is 4.38. The fourth-order valence-corrected chi connectivity index (χ4v) is 3.16. The smallest absolute Gasteiger partial charge is 0.159 e. The molecule has 1 saturated heterocycles. The lowest BCUT2D eigenvalue weighted by Crippen LogP contribution is -2.47. The molecule has 3 atom stereocenters. The van der Waals surface area contributed by atoms with Gasteiger partial charge < -0.3 is 10.8 Å². The Morgan fingerprint density at radius 2 is 2.00 bits per heavy atom. The van der Waals surface area contributed by atoms with Gasteiger partial charge in [0.05, 0.1) is 6.10 Å². The molecule has 1 aliphatic heterocycles. The molecule has 0 saturated carbocycles. The van der Waals surface area contributed by atoms with Crippen molar-refractivity contribution in [2.45, 2.75) is 45.4 Å². The predicted octanol–water partition coefficient (Wildman–Crippen LogP) is 2.52. The average molecular weight is 312 g/mol. The van der Waals surface area contributed by atoms with E-state index in [-0.39, 0.29) is 18.1 Å². The van der Waals surface area contributed by atoms with Gasteiger partial charge in [0.2, 0.25) is 0 Å². The van der Waals surface area contributed by atoms with Crippen molar-refractivity contribution >= 4 is 0 Å². The van der Waals surface area contributed by atoms with Crippen molar-refractivity contribution in [2.24, 2.45) is 17.6 Å². The van der Waals surface area contributed by atoms with Crippen molar-refractivity contribution < 1.29 is 13.9 Å². The van der Waals surface area contributed by atoms with E-state index in [0.717, 1.165) is 37.6 Å². The molecule has 5 heteroatoms. The van der Waals surface area contributed by atoms with Crippen LogP contribution in [0.3, 0.4) is 0 Å². The van der Waals surface area contributed by atoms with Crippen molar-refractivity contribution in [3.05, 3.63) is 35.4 Å². The third kappa shape index (κ3) is 4.73. The predicted molar refractivity (Wildman–Crippen MR) is 83.2 cm³/mol. The van der Waals surface area contributed by atoms with Crippen LogP contribution < -0.4 is 5.73 Å². The van der Waals surface area contributed by atoms with E-state index >= 15 is 0 Å². The Labute approximate surface area is 131 Å². The molecule has 124 valence electrons. The summed E-state index contributed by atoms with van der Waals surface area (Å²) in [4.78, 5) is 2.17. The van der Waals surface area contributed by atoms with E-state index in [1.807, 2.05) is 13.8 Å². The lowest BCUT2D eigenvalue weighted by Gasteiger charge is -2.37. The fourth-order valence-electron chi connectivity index (χ4n) is 3.16. The number of aliphatic hydroxyl groups is 1. The monoisotopic (exact) mass is 312 g/mol. The van der Waals surface area contributed by atoms with E-state index in [1.165, 1.54) is 6.07 Å². The van der Waals surface area contributed by atoms with Gasteiger partial charge in [-0.15, -0.1) is 0 Å². The number of halogens is 2. The molecule has 3 nitrogen and oxygen atoms in total. The van der Waals surface area contributed by atoms with Gasteiger partial charge in [-0.1, -0.05) is 19.9 Å². The van der Waals surface area contributed by atoms with Crippen molar-refractivity contribution in [3.8, 4) is 0 Å². The van der Waals surface area contributed by atoms with Crippen LogP contribution in [-0.2, 0) is 6.54 Å². The summed E-state index contributed by atoms with van der Waals surface area (Å²) in [7, 11) is 0. The number of nitrogens with two attached hydrogens (primary N) is 1. The van der Waals surface area contributed by atoms with E-state index in [4.69, 9.17) is 5.73 Å². The zero-order valence-corrected chi connectivity index (χ0v) is 13.3. The molecule has 1 fully saturated rings. The van der Waals surface area contributed by atoms with Crippen LogP contribution in [0.15, 0.2) is 18.2 Å². The van der Waals surface area contributed by atoms with Gasteiger partial charge in [-0.05, 0) is 42.4 Å². The zero-order chi connectivity index (χ0) is 16.3. The molecule has 0 amide bonds. The number of likely N-dealkylation sites (tertiary alicyclic amines) is 1. The Kier molecular flexibility index (Phi) is 5.89. The Hall–Kier alpha value is -1.04. The molecule has 0 bridgehead atoms. The summed E-state index contributed by atoms with van der Waals surface area (Å²) >= 11 is 0. The highest BCUT2D eigenvalue weighted by atomic mass is 19.2. The van der Waals surface area contributed by atoms with Crippen LogP contribution in [-0.4, -0.2) is 35.2 Å². The van der Waals surface area contributed by atoms with Gasteiger partial charge in [0.25, 0.3) is 0 Å². The van der Waals surface area contributed by atoms with E-state index < -0.39 is 11.6 Å². The Bertz CT molecular complexity index is 496. The van der Waals surface area contributed by atoms with Crippen molar-refractivity contribution in [1.82, 2.24) is 4.90 Å². The van der Waals surface area contributed by atoms with Crippen molar-refractivity contribution in [1.29, 1.82) is 0 Å². The van der Waals surface area contributed by atoms with E-state index in [1.54, 1.807) is 6.07 Å². The maximum atomic E-state index is 13.3. The quantitative estimate of drug-likeness (QED) is 0.878. The summed E-state index contributed by atoms with van der Waals surface area (Å²) < 4.78 is 26.3. The van der Waals surface area contributed by atoms with Crippen LogP contribution >= 0.6 is 0 Å². The normalized spacial score (nSPS) is 24.7. The van der Waals surface area contributed by atoms with Crippen LogP contribution in [0.25, 0.3) is 0 Å². The molecule has 1 aromatic rings. The average Bonchev–Trinajstić information content (AvgIpc) is 2.42. The number of benzene rings is 1. The topological polar surface area (TPSA) is 49.5 Å². The first-order valence-electron chi connectivity index (χ1n) is 7.95. The molecule has 22 heavy (non-hydrogen) atoms. The van der Waals surface area contributed by atoms with Gasteiger partial charge in [0.15, 0.2) is 11.6 Å². The van der Waals surface area contributed by atoms with Crippen LogP contribution in [0.1, 0.15) is 32.3 Å². The third-order valence-corrected chi connectivity index (χ3v) is 4.38. The minimum Gasteiger partial charge on any atom is -0.393 e. The van der Waals surface area contributed by atoms with Crippen LogP contribution in [0, 0.1) is 23.5 Å². The largest absolute Gasteiger partial charge is 0.393 e. The molecular formula is C17H26F2N2O. The van der Waals surface area contributed by atoms with Gasteiger partial charge in [0, 0.05) is 25.7 Å². The summed E-state index contributed by atoms with van der Waals surface area (Å²) in [5.41, 5.74) is 6.86. The van der Waals surface area contributed by atoms with Crippen LogP contribution in [0.4, 0.5) is 8.78 Å². The number of nitrogens with zero attached hydrogens (tertiary/aromatic N) is 1. The second kappa shape index (κ2) is 7.49. The first-order chi connectivity index (χ1) is 10.3. The minimum atomic E-state index is -0.822. The number of aliphatic hydroxyl groups excluding tert-OH is 1. The Morgan fingerprint density at radius 3 is 2.64 bits per heavy atom. The standard InChI is InChI=1S/C17H26F2N2O/c1-11(2)17(22)7-13-5-14(20)10-21(9-13)8-12-3-4-15(18)16(19)6-12/h3-4,6,11,13-14,17,22H,5,7-10,20H2,1-2H3. The molecular weight excluding hydrogens is 286 g/mol. The second-order valence-corrected chi connectivity index (χ2v) is 6.85. The molecule has 3 N–H and O–H groups in total. The molecule has 1 heterocycles. The summed E-state index contributed by atoms with van der Waals surface area (Å²) in [5, 5.41) is 10.1. The molecule has 0 spiro atoms. The Morgan fingerprint density at radius 1 is 1.27 bits per heavy atom. The van der Waals surface area contributed by atoms with Crippen LogP contribution in [0.5, 0.6) is 0 Å². The first kappa shape index (κ1) is 17.3. The fraction of sp³-hybridized carbons (Fsp3) is 0.647. The summed E-state index contributed by atoms with van der Waals surface area (Å²) in [6.45, 7) is 6.14. The van der Waals surface area contributed by atoms with Gasteiger partial charge in [-0.3, -0.25) is 4.90 Å². The second-order valence-electron chi connectivity index (χ2n) is 6.85. The number of piperidine rings is 1. The molecule has 1 aromatic carbocycles. The molecule has 0 aliphatic carbocycles. The van der Waals surface area contributed by atoms with Gasteiger partial charge in [-0.25, -0.2) is 8.78 Å². The highest BCUT2D eigenvalue weighted by Gasteiger charge is 2.27. The Balaban J connectivity index is 1.97. The highest BCUT2D eigenvalue weighted by Crippen LogP contribution is 2.24. The summed E-state index contributed by atoms with van der Waals surface area (Å²) in [6, 6.07) is 4.07. The lowest BCUT2D eigenvalue weighted by molar-refractivity contribution is 0.0641. The SMILES string of the molecule is CC(C)C(O)CC1CC(N)CN(Cc2ccc(F)c(F)c2)C1. The van der Waals surface area contributed by atoms with Gasteiger partial charge in [-0.2, -0.15) is 0 Å². The highest BCUT2D eigenvalue weighted by molar-refractivity contribution is 5.17. The maximum Gasteiger partial charge on any atom is 0.159 e. The molecule has 3 unspecified atom stereocenters. The molecule has 2 rings (SSSR count). The maximum absolute atomic E-state index is 13.3. The summed E-state index contributed by atoms with van der Waals surface area (Å²) in [5.74, 6) is -1.06. The minimum absolute atomic E-state index is 0.0587. The number of rotatable bonds is 5. The lowest BCUT2D eigenvalue weighted by atomic mass is 9.87. The van der Waals surface area contributed by atoms with Crippen molar-refractivity contribution in [3.63, 3.8) is 0 Å². The van der Waals surface area contributed by atoms with E-state index in [0.29, 0.717) is 12.5 Å². The van der Waals surface area contributed by atoms with E-state index in [2.05, 4.69) is 4.90 Å². The molecule has 1 aliphatic rings. The first-order valence-corrected chi connectivity index (χ1v) is 7.95. The van der Waals surface area contributed by atoms with Gasteiger partial charge in [0.1, 0.15) is 0 Å².